The van der Waals surface area contributed by atoms with Gasteiger partial charge in [0.05, 0.1) is 0 Å². The summed E-state index contributed by atoms with van der Waals surface area (Å²) in [6, 6.07) is -1.05. The Bertz CT molecular complexity index is 416. The predicted octanol–water partition coefficient (Wildman–Crippen LogP) is -1.76. The van der Waals surface area contributed by atoms with Crippen molar-refractivity contribution < 1.29 is 24.3 Å². The Hall–Kier alpha value is -2.45. The molecule has 1 heterocycles. The molecule has 0 aromatic rings. The first-order valence-corrected chi connectivity index (χ1v) is 4.60. The number of aliphatic carboxylic acids is 1. The van der Waals surface area contributed by atoms with E-state index in [2.05, 4.69) is 5.10 Å². The van der Waals surface area contributed by atoms with Gasteiger partial charge in [0.15, 0.2) is 0 Å². The summed E-state index contributed by atoms with van der Waals surface area (Å²) in [6.45, 7) is -0.543. The molecule has 0 fully saturated rings. The van der Waals surface area contributed by atoms with Crippen LogP contribution in [0.4, 0.5) is 4.79 Å². The lowest BCUT2D eigenvalue weighted by molar-refractivity contribution is -0.137. The van der Waals surface area contributed by atoms with Crippen molar-refractivity contribution in [2.45, 2.75) is 12.8 Å². The fourth-order valence-corrected chi connectivity index (χ4v) is 1.19. The van der Waals surface area contributed by atoms with E-state index in [0.717, 1.165) is 0 Å². The third-order valence-electron chi connectivity index (χ3n) is 1.91. The number of amides is 4. The Labute approximate surface area is 95.2 Å². The summed E-state index contributed by atoms with van der Waals surface area (Å²) in [4.78, 5) is 43.4. The summed E-state index contributed by atoms with van der Waals surface area (Å²) in [5.74, 6) is -2.58. The smallest absolute Gasteiger partial charge is 0.352 e. The molecule has 9 nitrogen and oxygen atoms in total. The van der Waals surface area contributed by atoms with Crippen molar-refractivity contribution in [2.24, 2.45) is 10.8 Å². The first kappa shape index (κ1) is 12.6. The van der Waals surface area contributed by atoms with Crippen LogP contribution in [0.15, 0.2) is 5.10 Å². The van der Waals surface area contributed by atoms with Crippen LogP contribution < -0.4 is 11.1 Å². The number of nitrogens with two attached hydrogens (primary N) is 1. The standard InChI is InChI=1S/C8H10N4O5/c9-8(17)10-5(13)3-12-6(14)2-1-4(11-12)7(15)16/h1-3H2,(H,15,16)(H3,9,10,13,17). The number of carboxylic acids is 1. The third-order valence-corrected chi connectivity index (χ3v) is 1.91. The zero-order chi connectivity index (χ0) is 13.0. The molecule has 0 bridgehead atoms. The fraction of sp³-hybridized carbons (Fsp3) is 0.375. The molecule has 92 valence electrons. The van der Waals surface area contributed by atoms with Gasteiger partial charge in [-0.25, -0.2) is 14.6 Å². The third kappa shape index (κ3) is 3.55. The molecule has 0 spiro atoms. The average Bonchev–Trinajstić information content (AvgIpc) is 2.19. The highest BCUT2D eigenvalue weighted by molar-refractivity contribution is 6.36. The van der Waals surface area contributed by atoms with Crippen molar-refractivity contribution in [1.29, 1.82) is 0 Å². The Kier molecular flexibility index (Phi) is 3.75. The minimum Gasteiger partial charge on any atom is -0.477 e. The van der Waals surface area contributed by atoms with Crippen LogP contribution in [0.5, 0.6) is 0 Å². The number of urea groups is 1. The number of imide groups is 1. The van der Waals surface area contributed by atoms with Gasteiger partial charge in [-0.15, -0.1) is 0 Å². The lowest BCUT2D eigenvalue weighted by atomic mass is 10.2. The number of carboxylic acid groups (broad SMARTS) is 1. The summed E-state index contributed by atoms with van der Waals surface area (Å²) in [7, 11) is 0. The number of rotatable bonds is 3. The Morgan fingerprint density at radius 2 is 2.06 bits per heavy atom. The van der Waals surface area contributed by atoms with Gasteiger partial charge in [-0.1, -0.05) is 0 Å². The maximum Gasteiger partial charge on any atom is 0.352 e. The summed E-state index contributed by atoms with van der Waals surface area (Å²) in [5, 5.41) is 14.6. The van der Waals surface area contributed by atoms with E-state index < -0.39 is 30.4 Å². The highest BCUT2D eigenvalue weighted by Crippen LogP contribution is 2.08. The van der Waals surface area contributed by atoms with Crippen LogP contribution in [0.25, 0.3) is 0 Å². The lowest BCUT2D eigenvalue weighted by Gasteiger charge is -2.21. The van der Waals surface area contributed by atoms with Crippen molar-refractivity contribution >= 4 is 29.5 Å². The minimum atomic E-state index is -1.25. The van der Waals surface area contributed by atoms with Crippen molar-refractivity contribution in [3.8, 4) is 0 Å². The van der Waals surface area contributed by atoms with Gasteiger partial charge in [0, 0.05) is 12.8 Å². The molecule has 0 saturated carbocycles. The van der Waals surface area contributed by atoms with Gasteiger partial charge in [-0.05, 0) is 0 Å². The molecule has 1 aliphatic heterocycles. The van der Waals surface area contributed by atoms with Crippen molar-refractivity contribution in [1.82, 2.24) is 10.3 Å². The Morgan fingerprint density at radius 3 is 2.59 bits per heavy atom. The van der Waals surface area contributed by atoms with Gasteiger partial charge < -0.3 is 10.8 Å². The number of carbonyl (C=O) groups is 4. The van der Waals surface area contributed by atoms with Crippen molar-refractivity contribution in [2.75, 3.05) is 6.54 Å². The van der Waals surface area contributed by atoms with Crippen LogP contribution in [0.3, 0.4) is 0 Å². The normalized spacial score (nSPS) is 15.2. The predicted molar refractivity (Wildman–Crippen MR) is 53.7 cm³/mol. The number of primary amides is 1. The van der Waals surface area contributed by atoms with Crippen LogP contribution in [-0.2, 0) is 14.4 Å². The van der Waals surface area contributed by atoms with Crippen LogP contribution in [0, 0.1) is 0 Å². The maximum atomic E-state index is 11.3. The summed E-state index contributed by atoms with van der Waals surface area (Å²) in [5.41, 5.74) is 4.49. The molecule has 1 rings (SSSR count). The summed E-state index contributed by atoms with van der Waals surface area (Å²) in [6.07, 6.45) is -0.0307. The van der Waals surface area contributed by atoms with Gasteiger partial charge in [0.25, 0.3) is 0 Å². The summed E-state index contributed by atoms with van der Waals surface area (Å²) < 4.78 is 0. The molecular weight excluding hydrogens is 232 g/mol. The van der Waals surface area contributed by atoms with E-state index in [1.165, 1.54) is 0 Å². The van der Waals surface area contributed by atoms with Crippen LogP contribution in [-0.4, -0.2) is 46.2 Å². The average molecular weight is 242 g/mol. The second kappa shape index (κ2) is 5.05. The largest absolute Gasteiger partial charge is 0.477 e. The van der Waals surface area contributed by atoms with Crippen molar-refractivity contribution in [3.05, 3.63) is 0 Å². The monoisotopic (exact) mass is 242 g/mol. The van der Waals surface area contributed by atoms with Gasteiger partial charge >= 0.3 is 12.0 Å². The molecule has 0 aromatic heterocycles. The van der Waals surface area contributed by atoms with E-state index in [4.69, 9.17) is 10.8 Å². The summed E-state index contributed by atoms with van der Waals surface area (Å²) >= 11 is 0. The van der Waals surface area contributed by atoms with Crippen molar-refractivity contribution in [3.63, 3.8) is 0 Å². The Morgan fingerprint density at radius 1 is 1.41 bits per heavy atom. The second-order valence-corrected chi connectivity index (χ2v) is 3.22. The molecule has 0 saturated heterocycles. The molecule has 0 unspecified atom stereocenters. The van der Waals surface area contributed by atoms with Crippen LogP contribution in [0.2, 0.25) is 0 Å². The van der Waals surface area contributed by atoms with E-state index in [1.807, 2.05) is 0 Å². The zero-order valence-electron chi connectivity index (χ0n) is 8.67. The topological polar surface area (TPSA) is 142 Å². The molecule has 17 heavy (non-hydrogen) atoms. The Balaban J connectivity index is 2.71. The molecule has 4 amide bonds. The quantitative estimate of drug-likeness (QED) is 0.537. The minimum absolute atomic E-state index is 0.0160. The number of nitrogens with one attached hydrogen (secondary N) is 1. The maximum absolute atomic E-state index is 11.3. The highest BCUT2D eigenvalue weighted by atomic mass is 16.4. The SMILES string of the molecule is NC(=O)NC(=O)CN1N=C(C(=O)O)CCC1=O. The molecule has 9 heteroatoms. The number of hydrogen-bond donors (Lipinski definition) is 3. The lowest BCUT2D eigenvalue weighted by Crippen LogP contribution is -2.44. The fourth-order valence-electron chi connectivity index (χ4n) is 1.19. The second-order valence-electron chi connectivity index (χ2n) is 3.22. The molecule has 4 N–H and O–H groups in total. The zero-order valence-corrected chi connectivity index (χ0v) is 8.67. The van der Waals surface area contributed by atoms with Gasteiger partial charge in [-0.2, -0.15) is 5.10 Å². The van der Waals surface area contributed by atoms with Gasteiger partial charge in [0.2, 0.25) is 11.8 Å². The number of hydrogen-bond acceptors (Lipinski definition) is 5. The van der Waals surface area contributed by atoms with E-state index in [9.17, 15) is 19.2 Å². The molecule has 0 aliphatic carbocycles. The highest BCUT2D eigenvalue weighted by Gasteiger charge is 2.25. The molecule has 0 aromatic carbocycles. The number of carbonyl (C=O) groups excluding carboxylic acids is 3. The molecular formula is C8H10N4O5. The first-order chi connectivity index (χ1) is 7.90. The molecule has 0 radical (unpaired) electrons. The van der Waals surface area contributed by atoms with Crippen LogP contribution in [0.1, 0.15) is 12.8 Å². The number of nitrogens with zero attached hydrogens (tertiary/aromatic N) is 2. The molecule has 0 atom stereocenters. The molecule has 1 aliphatic rings. The first-order valence-electron chi connectivity index (χ1n) is 4.60. The van der Waals surface area contributed by atoms with E-state index in [-0.39, 0.29) is 18.6 Å². The number of hydrazone groups is 1. The van der Waals surface area contributed by atoms with E-state index in [0.29, 0.717) is 5.01 Å². The van der Waals surface area contributed by atoms with Crippen LogP contribution >= 0.6 is 0 Å². The van der Waals surface area contributed by atoms with E-state index in [1.54, 1.807) is 5.32 Å². The van der Waals surface area contributed by atoms with E-state index >= 15 is 0 Å². The van der Waals surface area contributed by atoms with Gasteiger partial charge in [-0.3, -0.25) is 14.9 Å². The van der Waals surface area contributed by atoms with Gasteiger partial charge in [0.1, 0.15) is 12.3 Å².